The minimum Gasteiger partial charge on any atom is -0.350 e. The Morgan fingerprint density at radius 3 is 2.48 bits per heavy atom. The van der Waals surface area contributed by atoms with Gasteiger partial charge in [0, 0.05) is 29.5 Å². The average Bonchev–Trinajstić information content (AvgIpc) is 2.69. The zero-order chi connectivity index (χ0) is 19.3. The number of rotatable bonds is 6. The molecule has 1 unspecified atom stereocenters. The molecule has 3 aromatic rings. The van der Waals surface area contributed by atoms with Crippen molar-refractivity contribution in [2.24, 2.45) is 0 Å². The van der Waals surface area contributed by atoms with Gasteiger partial charge in [-0.25, -0.2) is 8.42 Å². The van der Waals surface area contributed by atoms with E-state index >= 15 is 0 Å². The molecule has 5 nitrogen and oxygen atoms in total. The molecule has 1 heterocycles. The van der Waals surface area contributed by atoms with Crippen LogP contribution in [0.15, 0.2) is 84.0 Å². The number of benzene rings is 2. The summed E-state index contributed by atoms with van der Waals surface area (Å²) in [7, 11) is -3.72. The van der Waals surface area contributed by atoms with Gasteiger partial charge in [-0.3, -0.25) is 9.78 Å². The molecule has 0 saturated carbocycles. The first-order chi connectivity index (χ1) is 13.0. The van der Waals surface area contributed by atoms with Gasteiger partial charge in [-0.05, 0) is 42.0 Å². The molecule has 7 heteroatoms. The summed E-state index contributed by atoms with van der Waals surface area (Å²) in [5.41, 5.74) is 0.872. The van der Waals surface area contributed by atoms with Crippen LogP contribution in [0.3, 0.4) is 0 Å². The molecular formula is C20H17ClN2O3S. The minimum absolute atomic E-state index is 0.0890. The largest absolute Gasteiger partial charge is 0.350 e. The van der Waals surface area contributed by atoms with Crippen LogP contribution in [-0.4, -0.2) is 25.9 Å². The van der Waals surface area contributed by atoms with Crippen molar-refractivity contribution in [1.82, 2.24) is 10.3 Å². The van der Waals surface area contributed by atoms with E-state index in [0.29, 0.717) is 16.1 Å². The summed E-state index contributed by atoms with van der Waals surface area (Å²) in [5, 5.41) is 2.17. The zero-order valence-electron chi connectivity index (χ0n) is 14.2. The Morgan fingerprint density at radius 2 is 1.81 bits per heavy atom. The van der Waals surface area contributed by atoms with Crippen LogP contribution >= 0.6 is 11.6 Å². The highest BCUT2D eigenvalue weighted by atomic mass is 35.5. The summed E-state index contributed by atoms with van der Waals surface area (Å²) < 4.78 is 26.3. The number of sulfone groups is 1. The Labute approximate surface area is 163 Å². The molecule has 0 bridgehead atoms. The Hall–Kier alpha value is -2.70. The molecule has 1 atom stereocenters. The Balaban J connectivity index is 1.89. The average molecular weight is 401 g/mol. The highest BCUT2D eigenvalue weighted by Gasteiger charge is 2.29. The molecule has 3 rings (SSSR count). The van der Waals surface area contributed by atoms with Gasteiger partial charge in [-0.1, -0.05) is 41.9 Å². The molecule has 0 aliphatic carbocycles. The number of pyridine rings is 1. The van der Waals surface area contributed by atoms with Crippen molar-refractivity contribution in [1.29, 1.82) is 0 Å². The van der Waals surface area contributed by atoms with Gasteiger partial charge in [-0.15, -0.1) is 0 Å². The molecule has 0 aliphatic heterocycles. The van der Waals surface area contributed by atoms with E-state index in [-0.39, 0.29) is 11.4 Å². The van der Waals surface area contributed by atoms with Gasteiger partial charge < -0.3 is 5.32 Å². The third kappa shape index (κ3) is 4.53. The summed E-state index contributed by atoms with van der Waals surface area (Å²) in [6, 6.07) is 18.0. The highest BCUT2D eigenvalue weighted by molar-refractivity contribution is 7.91. The summed E-state index contributed by atoms with van der Waals surface area (Å²) in [6.45, 7) is -0.0890. The summed E-state index contributed by atoms with van der Waals surface area (Å²) in [6.07, 6.45) is 3.07. The van der Waals surface area contributed by atoms with Gasteiger partial charge in [-0.2, -0.15) is 0 Å². The van der Waals surface area contributed by atoms with Crippen LogP contribution in [0.2, 0.25) is 5.02 Å². The second-order valence-electron chi connectivity index (χ2n) is 5.85. The summed E-state index contributed by atoms with van der Waals surface area (Å²) in [4.78, 5) is 16.6. The van der Waals surface area contributed by atoms with Crippen molar-refractivity contribution in [3.05, 3.63) is 95.3 Å². The SMILES string of the molecule is O=C(NCC(c1cccnc1)S(=O)(=O)c1ccccc1)c1cccc(Cl)c1. The fourth-order valence-corrected chi connectivity index (χ4v) is 4.52. The van der Waals surface area contributed by atoms with E-state index in [2.05, 4.69) is 10.3 Å². The lowest BCUT2D eigenvalue weighted by Gasteiger charge is -2.19. The number of nitrogens with zero attached hydrogens (tertiary/aromatic N) is 1. The van der Waals surface area contributed by atoms with Gasteiger partial charge in [0.2, 0.25) is 0 Å². The van der Waals surface area contributed by atoms with Crippen LogP contribution in [0.25, 0.3) is 0 Å². The Bertz CT molecular complexity index is 1030. The normalized spacial score (nSPS) is 12.3. The van der Waals surface area contributed by atoms with E-state index in [1.54, 1.807) is 54.7 Å². The molecular weight excluding hydrogens is 384 g/mol. The van der Waals surface area contributed by atoms with Gasteiger partial charge in [0.15, 0.2) is 9.84 Å². The van der Waals surface area contributed by atoms with Crippen molar-refractivity contribution < 1.29 is 13.2 Å². The highest BCUT2D eigenvalue weighted by Crippen LogP contribution is 2.28. The number of nitrogens with one attached hydrogen (secondary N) is 1. The second kappa shape index (κ2) is 8.33. The van der Waals surface area contributed by atoms with Crippen LogP contribution < -0.4 is 5.32 Å². The number of carbonyl (C=O) groups is 1. The van der Waals surface area contributed by atoms with E-state index in [4.69, 9.17) is 11.6 Å². The molecule has 2 aromatic carbocycles. The minimum atomic E-state index is -3.72. The van der Waals surface area contributed by atoms with Crippen LogP contribution in [-0.2, 0) is 9.84 Å². The molecule has 0 aliphatic rings. The summed E-state index contributed by atoms with van der Waals surface area (Å²) >= 11 is 5.92. The quantitative estimate of drug-likeness (QED) is 0.684. The van der Waals surface area contributed by atoms with Crippen LogP contribution in [0, 0.1) is 0 Å². The Morgan fingerprint density at radius 1 is 1.04 bits per heavy atom. The lowest BCUT2D eigenvalue weighted by Crippen LogP contribution is -2.32. The Kier molecular flexibility index (Phi) is 5.88. The lowest BCUT2D eigenvalue weighted by molar-refractivity contribution is 0.0953. The first-order valence-corrected chi connectivity index (χ1v) is 10.1. The van der Waals surface area contributed by atoms with Crippen LogP contribution in [0.5, 0.6) is 0 Å². The lowest BCUT2D eigenvalue weighted by atomic mass is 10.2. The maximum atomic E-state index is 13.1. The number of aromatic nitrogens is 1. The second-order valence-corrected chi connectivity index (χ2v) is 8.42. The molecule has 0 spiro atoms. The fraction of sp³-hybridized carbons (Fsp3) is 0.100. The molecule has 27 heavy (non-hydrogen) atoms. The third-order valence-electron chi connectivity index (χ3n) is 4.04. The van der Waals surface area contributed by atoms with E-state index in [1.807, 2.05) is 0 Å². The monoisotopic (exact) mass is 400 g/mol. The van der Waals surface area contributed by atoms with E-state index in [9.17, 15) is 13.2 Å². The molecule has 1 N–H and O–H groups in total. The van der Waals surface area contributed by atoms with Gasteiger partial charge in [0.25, 0.3) is 5.91 Å². The van der Waals surface area contributed by atoms with Crippen molar-refractivity contribution in [3.63, 3.8) is 0 Å². The van der Waals surface area contributed by atoms with E-state index < -0.39 is 21.0 Å². The predicted molar refractivity (Wildman–Crippen MR) is 104 cm³/mol. The smallest absolute Gasteiger partial charge is 0.251 e. The maximum absolute atomic E-state index is 13.1. The molecule has 1 amide bonds. The predicted octanol–water partition coefficient (Wildman–Crippen LogP) is 3.68. The number of halogens is 1. The number of hydrogen-bond acceptors (Lipinski definition) is 4. The topological polar surface area (TPSA) is 76.1 Å². The van der Waals surface area contributed by atoms with E-state index in [0.717, 1.165) is 0 Å². The molecule has 1 aromatic heterocycles. The van der Waals surface area contributed by atoms with Gasteiger partial charge >= 0.3 is 0 Å². The first kappa shape index (κ1) is 19.1. The van der Waals surface area contributed by atoms with Gasteiger partial charge in [0.1, 0.15) is 5.25 Å². The molecule has 0 fully saturated rings. The van der Waals surface area contributed by atoms with Crippen LogP contribution in [0.4, 0.5) is 0 Å². The van der Waals surface area contributed by atoms with Crippen LogP contribution in [0.1, 0.15) is 21.2 Å². The standard InChI is InChI=1S/C20H17ClN2O3S/c21-17-8-4-6-15(12-17)20(24)23-14-19(16-7-5-11-22-13-16)27(25,26)18-9-2-1-3-10-18/h1-13,19H,14H2,(H,23,24). The molecule has 0 saturated heterocycles. The zero-order valence-corrected chi connectivity index (χ0v) is 15.8. The summed E-state index contributed by atoms with van der Waals surface area (Å²) in [5.74, 6) is -0.394. The van der Waals surface area contributed by atoms with Crippen molar-refractivity contribution in [2.75, 3.05) is 6.54 Å². The maximum Gasteiger partial charge on any atom is 0.251 e. The molecule has 0 radical (unpaired) electrons. The fourth-order valence-electron chi connectivity index (χ4n) is 2.66. The van der Waals surface area contributed by atoms with Gasteiger partial charge in [0.05, 0.1) is 4.90 Å². The first-order valence-electron chi connectivity index (χ1n) is 8.21. The molecule has 138 valence electrons. The van der Waals surface area contributed by atoms with Crippen molar-refractivity contribution >= 4 is 27.3 Å². The number of amides is 1. The number of carbonyl (C=O) groups excluding carboxylic acids is 1. The van der Waals surface area contributed by atoms with E-state index in [1.165, 1.54) is 24.4 Å². The number of hydrogen-bond donors (Lipinski definition) is 1. The van der Waals surface area contributed by atoms with Crippen molar-refractivity contribution in [2.45, 2.75) is 10.1 Å². The third-order valence-corrected chi connectivity index (χ3v) is 6.39. The van der Waals surface area contributed by atoms with Crippen molar-refractivity contribution in [3.8, 4) is 0 Å².